The number of ketones is 1. The lowest BCUT2D eigenvalue weighted by Gasteiger charge is -2.30. The molecule has 3 rings (SSSR count). The molecule has 1 amide bonds. The minimum Gasteiger partial charge on any atom is -0.493 e. The molecule has 0 radical (unpaired) electrons. The number of ether oxygens (including phenoxy) is 3. The lowest BCUT2D eigenvalue weighted by Crippen LogP contribution is -2.39. The molecule has 1 saturated heterocycles. The Balaban J connectivity index is 1.62. The van der Waals surface area contributed by atoms with Crippen LogP contribution in [-0.4, -0.2) is 51.0 Å². The molecule has 6 heteroatoms. The number of nitrogens with zero attached hydrogens (tertiary/aromatic N) is 1. The second-order valence-corrected chi connectivity index (χ2v) is 7.12. The number of carbonyl (C=O) groups is 2. The Kier molecular flexibility index (Phi) is 7.12. The van der Waals surface area contributed by atoms with Crippen molar-refractivity contribution in [1.29, 1.82) is 0 Å². The fraction of sp³-hybridized carbons (Fsp3) is 0.333. The summed E-state index contributed by atoms with van der Waals surface area (Å²) in [7, 11) is 4.65. The van der Waals surface area contributed by atoms with Gasteiger partial charge in [-0.1, -0.05) is 30.3 Å². The third kappa shape index (κ3) is 4.82. The Hall–Kier alpha value is -3.28. The zero-order chi connectivity index (χ0) is 21.5. The summed E-state index contributed by atoms with van der Waals surface area (Å²) >= 11 is 0. The molecule has 0 unspecified atom stereocenters. The molecule has 6 nitrogen and oxygen atoms in total. The minimum atomic E-state index is -0.0747. The first-order valence-corrected chi connectivity index (χ1v) is 9.93. The highest BCUT2D eigenvalue weighted by Gasteiger charge is 2.27. The van der Waals surface area contributed by atoms with E-state index >= 15 is 0 Å². The van der Waals surface area contributed by atoms with Gasteiger partial charge >= 0.3 is 0 Å². The van der Waals surface area contributed by atoms with Crippen molar-refractivity contribution in [2.45, 2.75) is 12.8 Å². The lowest BCUT2D eigenvalue weighted by molar-refractivity contribution is -0.127. The van der Waals surface area contributed by atoms with E-state index in [9.17, 15) is 9.59 Å². The Morgan fingerprint density at radius 3 is 2.07 bits per heavy atom. The fourth-order valence-electron chi connectivity index (χ4n) is 3.67. The van der Waals surface area contributed by atoms with Gasteiger partial charge < -0.3 is 19.1 Å². The van der Waals surface area contributed by atoms with Crippen LogP contribution >= 0.6 is 0 Å². The van der Waals surface area contributed by atoms with E-state index in [4.69, 9.17) is 14.2 Å². The number of methoxy groups -OCH3 is 3. The number of hydrogen-bond donors (Lipinski definition) is 0. The number of Topliss-reactive ketones (excluding diaryl/α,β-unsaturated/α-hetero) is 1. The number of benzene rings is 2. The van der Waals surface area contributed by atoms with Crippen LogP contribution in [-0.2, 0) is 4.79 Å². The molecular formula is C24H27NO5. The van der Waals surface area contributed by atoms with Crippen molar-refractivity contribution >= 4 is 17.8 Å². The van der Waals surface area contributed by atoms with E-state index in [1.807, 2.05) is 30.3 Å². The van der Waals surface area contributed by atoms with Crippen molar-refractivity contribution < 1.29 is 23.8 Å². The van der Waals surface area contributed by atoms with Gasteiger partial charge in [0.15, 0.2) is 17.3 Å². The van der Waals surface area contributed by atoms with Gasteiger partial charge in [0.2, 0.25) is 11.7 Å². The Labute approximate surface area is 177 Å². The minimum absolute atomic E-state index is 0.0319. The van der Waals surface area contributed by atoms with E-state index in [2.05, 4.69) is 0 Å². The fourth-order valence-corrected chi connectivity index (χ4v) is 3.67. The molecule has 1 heterocycles. The van der Waals surface area contributed by atoms with E-state index in [-0.39, 0.29) is 17.6 Å². The molecule has 30 heavy (non-hydrogen) atoms. The number of likely N-dealkylation sites (tertiary alicyclic amines) is 1. The van der Waals surface area contributed by atoms with Crippen molar-refractivity contribution in [1.82, 2.24) is 4.90 Å². The van der Waals surface area contributed by atoms with Gasteiger partial charge in [-0.3, -0.25) is 9.59 Å². The highest BCUT2D eigenvalue weighted by atomic mass is 16.5. The molecule has 0 saturated carbocycles. The Bertz CT molecular complexity index is 889. The van der Waals surface area contributed by atoms with Gasteiger partial charge in [0, 0.05) is 30.6 Å². The van der Waals surface area contributed by atoms with Crippen LogP contribution in [0.1, 0.15) is 28.8 Å². The van der Waals surface area contributed by atoms with Crippen LogP contribution in [0.4, 0.5) is 0 Å². The Morgan fingerprint density at radius 2 is 1.53 bits per heavy atom. The number of carbonyl (C=O) groups excluding carboxylic acids is 2. The molecule has 0 aliphatic carbocycles. The van der Waals surface area contributed by atoms with Crippen LogP contribution in [0.2, 0.25) is 0 Å². The van der Waals surface area contributed by atoms with Crippen molar-refractivity contribution in [3.8, 4) is 17.2 Å². The van der Waals surface area contributed by atoms with E-state index in [1.165, 1.54) is 0 Å². The molecule has 0 bridgehead atoms. The van der Waals surface area contributed by atoms with Crippen LogP contribution in [0.5, 0.6) is 17.2 Å². The SMILES string of the molecule is COc1cc(/C=C/C(=O)N2CCC(C(=O)c3ccccc3)CC2)cc(OC)c1OC. The zero-order valence-corrected chi connectivity index (χ0v) is 17.6. The molecule has 0 N–H and O–H groups in total. The maximum Gasteiger partial charge on any atom is 0.246 e. The molecule has 0 aromatic heterocycles. The van der Waals surface area contributed by atoms with Crippen molar-refractivity contribution in [2.24, 2.45) is 5.92 Å². The average Bonchev–Trinajstić information content (AvgIpc) is 2.81. The Morgan fingerprint density at radius 1 is 0.933 bits per heavy atom. The van der Waals surface area contributed by atoms with Crippen LogP contribution in [0.25, 0.3) is 6.08 Å². The maximum atomic E-state index is 12.6. The summed E-state index contributed by atoms with van der Waals surface area (Å²) in [5.41, 5.74) is 1.51. The number of hydrogen-bond acceptors (Lipinski definition) is 5. The molecule has 1 aliphatic rings. The third-order valence-electron chi connectivity index (χ3n) is 5.34. The largest absolute Gasteiger partial charge is 0.493 e. The number of piperidine rings is 1. The normalized spacial score (nSPS) is 14.6. The van der Waals surface area contributed by atoms with Crippen molar-refractivity contribution in [2.75, 3.05) is 34.4 Å². The molecule has 1 fully saturated rings. The first-order chi connectivity index (χ1) is 14.6. The van der Waals surface area contributed by atoms with Gasteiger partial charge in [0.05, 0.1) is 21.3 Å². The maximum absolute atomic E-state index is 12.6. The second kappa shape index (κ2) is 9.96. The molecule has 2 aromatic carbocycles. The summed E-state index contributed by atoms with van der Waals surface area (Å²) in [5.74, 6) is 1.63. The predicted molar refractivity (Wildman–Crippen MR) is 115 cm³/mol. The molecule has 158 valence electrons. The van der Waals surface area contributed by atoms with E-state index in [0.717, 1.165) is 11.1 Å². The van der Waals surface area contributed by atoms with E-state index in [0.29, 0.717) is 43.2 Å². The van der Waals surface area contributed by atoms with E-state index < -0.39 is 0 Å². The quantitative estimate of drug-likeness (QED) is 0.513. The number of rotatable bonds is 7. The van der Waals surface area contributed by atoms with Gasteiger partial charge in [-0.2, -0.15) is 0 Å². The molecular weight excluding hydrogens is 382 g/mol. The average molecular weight is 409 g/mol. The van der Waals surface area contributed by atoms with Gasteiger partial charge in [0.25, 0.3) is 0 Å². The van der Waals surface area contributed by atoms with Crippen molar-refractivity contribution in [3.05, 3.63) is 59.7 Å². The smallest absolute Gasteiger partial charge is 0.246 e. The predicted octanol–water partition coefficient (Wildman–Crippen LogP) is 3.85. The molecule has 2 aromatic rings. The monoisotopic (exact) mass is 409 g/mol. The lowest BCUT2D eigenvalue weighted by atomic mass is 9.89. The summed E-state index contributed by atoms with van der Waals surface area (Å²) in [6, 6.07) is 12.9. The highest BCUT2D eigenvalue weighted by Crippen LogP contribution is 2.38. The van der Waals surface area contributed by atoms with Crippen LogP contribution in [0.15, 0.2) is 48.5 Å². The number of amides is 1. The van der Waals surface area contributed by atoms with Gasteiger partial charge in [-0.15, -0.1) is 0 Å². The highest BCUT2D eigenvalue weighted by molar-refractivity contribution is 5.98. The van der Waals surface area contributed by atoms with Crippen LogP contribution < -0.4 is 14.2 Å². The first kappa shape index (κ1) is 21.4. The summed E-state index contributed by atoms with van der Waals surface area (Å²) in [4.78, 5) is 27.0. The second-order valence-electron chi connectivity index (χ2n) is 7.12. The zero-order valence-electron chi connectivity index (χ0n) is 17.6. The summed E-state index contributed by atoms with van der Waals surface area (Å²) in [6.07, 6.45) is 4.63. The first-order valence-electron chi connectivity index (χ1n) is 9.93. The molecule has 1 aliphatic heterocycles. The van der Waals surface area contributed by atoms with Gasteiger partial charge in [0.1, 0.15) is 0 Å². The topological polar surface area (TPSA) is 65.1 Å². The summed E-state index contributed by atoms with van der Waals surface area (Å²) < 4.78 is 16.0. The molecule has 0 spiro atoms. The summed E-state index contributed by atoms with van der Waals surface area (Å²) in [6.45, 7) is 1.14. The van der Waals surface area contributed by atoms with E-state index in [1.54, 1.807) is 50.5 Å². The summed E-state index contributed by atoms with van der Waals surface area (Å²) in [5, 5.41) is 0. The molecule has 0 atom stereocenters. The van der Waals surface area contributed by atoms with Gasteiger partial charge in [-0.05, 0) is 36.6 Å². The van der Waals surface area contributed by atoms with Crippen LogP contribution in [0, 0.1) is 5.92 Å². The third-order valence-corrected chi connectivity index (χ3v) is 5.34. The van der Waals surface area contributed by atoms with Crippen LogP contribution in [0.3, 0.4) is 0 Å². The van der Waals surface area contributed by atoms with Gasteiger partial charge in [-0.25, -0.2) is 0 Å². The van der Waals surface area contributed by atoms with Crippen molar-refractivity contribution in [3.63, 3.8) is 0 Å². The standard InChI is InChI=1S/C24H27NO5/c1-28-20-15-17(16-21(29-2)24(20)30-3)9-10-22(26)25-13-11-19(12-14-25)23(27)18-7-5-4-6-8-18/h4-10,15-16,19H,11-14H2,1-3H3/b10-9+.